The van der Waals surface area contributed by atoms with Gasteiger partial charge >= 0.3 is 6.03 Å². The van der Waals surface area contributed by atoms with Crippen LogP contribution in [0.5, 0.6) is 5.75 Å². The fourth-order valence-corrected chi connectivity index (χ4v) is 2.24. The zero-order chi connectivity index (χ0) is 14.0. The SMILES string of the molecule is CCc1ccc(OC)c(C2(CN)NC(=O)NC2=O)c1. The van der Waals surface area contributed by atoms with Crippen LogP contribution in [0, 0.1) is 0 Å². The number of carbonyl (C=O) groups excluding carboxylic acids is 2. The van der Waals surface area contributed by atoms with Gasteiger partial charge in [-0.2, -0.15) is 0 Å². The molecular weight excluding hydrogens is 246 g/mol. The summed E-state index contributed by atoms with van der Waals surface area (Å²) < 4.78 is 5.28. The predicted molar refractivity (Wildman–Crippen MR) is 69.8 cm³/mol. The molecule has 6 nitrogen and oxygen atoms in total. The average Bonchev–Trinajstić information content (AvgIpc) is 2.73. The van der Waals surface area contributed by atoms with E-state index in [4.69, 9.17) is 10.5 Å². The quantitative estimate of drug-likeness (QED) is 0.679. The lowest BCUT2D eigenvalue weighted by molar-refractivity contribution is -0.124. The molecule has 0 bridgehead atoms. The van der Waals surface area contributed by atoms with Crippen molar-refractivity contribution in [3.63, 3.8) is 0 Å². The molecular formula is C13H17N3O3. The third-order valence-corrected chi connectivity index (χ3v) is 3.38. The van der Waals surface area contributed by atoms with Gasteiger partial charge in [0.2, 0.25) is 0 Å². The van der Waals surface area contributed by atoms with Crippen molar-refractivity contribution in [1.29, 1.82) is 0 Å². The number of carbonyl (C=O) groups is 2. The highest BCUT2D eigenvalue weighted by Crippen LogP contribution is 2.32. The van der Waals surface area contributed by atoms with Gasteiger partial charge < -0.3 is 15.8 Å². The van der Waals surface area contributed by atoms with Crippen LogP contribution in [0.4, 0.5) is 4.79 Å². The second-order valence-corrected chi connectivity index (χ2v) is 4.41. The molecule has 1 aromatic carbocycles. The summed E-state index contributed by atoms with van der Waals surface area (Å²) in [6, 6.07) is 5.00. The topological polar surface area (TPSA) is 93.4 Å². The molecule has 4 N–H and O–H groups in total. The standard InChI is InChI=1S/C13H17N3O3/c1-3-8-4-5-10(19-2)9(6-8)13(7-14)11(17)15-12(18)16-13/h4-6H,3,7,14H2,1-2H3,(H2,15,16,17,18). The Bertz CT molecular complexity index is 530. The highest BCUT2D eigenvalue weighted by molar-refractivity contribution is 6.08. The van der Waals surface area contributed by atoms with Crippen LogP contribution in [0.15, 0.2) is 18.2 Å². The van der Waals surface area contributed by atoms with Crippen LogP contribution in [-0.4, -0.2) is 25.6 Å². The van der Waals surface area contributed by atoms with Crippen molar-refractivity contribution in [3.05, 3.63) is 29.3 Å². The second kappa shape index (κ2) is 4.89. The smallest absolute Gasteiger partial charge is 0.322 e. The third-order valence-electron chi connectivity index (χ3n) is 3.38. The van der Waals surface area contributed by atoms with Crippen LogP contribution >= 0.6 is 0 Å². The van der Waals surface area contributed by atoms with Crippen LogP contribution in [0.3, 0.4) is 0 Å². The average molecular weight is 263 g/mol. The number of hydrogen-bond donors (Lipinski definition) is 3. The Hall–Kier alpha value is -2.08. The van der Waals surface area contributed by atoms with E-state index < -0.39 is 17.5 Å². The Labute approximate surface area is 111 Å². The molecule has 1 aliphatic heterocycles. The van der Waals surface area contributed by atoms with Gasteiger partial charge in [0, 0.05) is 12.1 Å². The van der Waals surface area contributed by atoms with Gasteiger partial charge in [0.25, 0.3) is 5.91 Å². The molecule has 0 aromatic heterocycles. The maximum absolute atomic E-state index is 12.1. The number of aryl methyl sites for hydroxylation is 1. The fraction of sp³-hybridized carbons (Fsp3) is 0.385. The molecule has 3 amide bonds. The van der Waals surface area contributed by atoms with Gasteiger partial charge in [-0.05, 0) is 24.1 Å². The van der Waals surface area contributed by atoms with Crippen LogP contribution < -0.4 is 21.1 Å². The number of urea groups is 1. The Morgan fingerprint density at radius 3 is 2.58 bits per heavy atom. The van der Waals surface area contributed by atoms with Gasteiger partial charge in [0.05, 0.1) is 7.11 Å². The van der Waals surface area contributed by atoms with Crippen molar-refractivity contribution in [2.75, 3.05) is 13.7 Å². The number of nitrogens with two attached hydrogens (primary N) is 1. The first kappa shape index (κ1) is 13.4. The minimum absolute atomic E-state index is 0.0336. The van der Waals surface area contributed by atoms with Crippen molar-refractivity contribution in [2.24, 2.45) is 5.73 Å². The van der Waals surface area contributed by atoms with Crippen molar-refractivity contribution >= 4 is 11.9 Å². The van der Waals surface area contributed by atoms with E-state index in [0.717, 1.165) is 12.0 Å². The molecule has 19 heavy (non-hydrogen) atoms. The maximum atomic E-state index is 12.1. The Kier molecular flexibility index (Phi) is 3.44. The van der Waals surface area contributed by atoms with E-state index in [1.165, 1.54) is 7.11 Å². The normalized spacial score (nSPS) is 22.1. The van der Waals surface area contributed by atoms with Gasteiger partial charge in [0.15, 0.2) is 5.54 Å². The van der Waals surface area contributed by atoms with Gasteiger partial charge in [-0.25, -0.2) is 4.79 Å². The lowest BCUT2D eigenvalue weighted by Crippen LogP contribution is -2.50. The number of nitrogens with one attached hydrogen (secondary N) is 2. The van der Waals surface area contributed by atoms with E-state index in [-0.39, 0.29) is 6.54 Å². The van der Waals surface area contributed by atoms with Crippen molar-refractivity contribution in [2.45, 2.75) is 18.9 Å². The Morgan fingerprint density at radius 2 is 2.11 bits per heavy atom. The van der Waals surface area contributed by atoms with Gasteiger partial charge in [0.1, 0.15) is 5.75 Å². The molecule has 2 rings (SSSR count). The summed E-state index contributed by atoms with van der Waals surface area (Å²) in [6.45, 7) is 1.97. The first-order valence-corrected chi connectivity index (χ1v) is 6.08. The summed E-state index contributed by atoms with van der Waals surface area (Å²) in [5.74, 6) is 0.0755. The molecule has 1 atom stereocenters. The van der Waals surface area contributed by atoms with Crippen LogP contribution in [0.25, 0.3) is 0 Å². The molecule has 1 unspecified atom stereocenters. The first-order chi connectivity index (χ1) is 9.07. The Morgan fingerprint density at radius 1 is 1.37 bits per heavy atom. The van der Waals surface area contributed by atoms with Crippen LogP contribution in [0.2, 0.25) is 0 Å². The summed E-state index contributed by atoms with van der Waals surface area (Å²) in [7, 11) is 1.52. The molecule has 6 heteroatoms. The van der Waals surface area contributed by atoms with E-state index in [2.05, 4.69) is 10.6 Å². The predicted octanol–water partition coefficient (Wildman–Crippen LogP) is 0.251. The van der Waals surface area contributed by atoms with Crippen molar-refractivity contribution in [1.82, 2.24) is 10.6 Å². The summed E-state index contributed by atoms with van der Waals surface area (Å²) in [5, 5.41) is 4.83. The highest BCUT2D eigenvalue weighted by Gasteiger charge is 2.48. The third kappa shape index (κ3) is 2.04. The summed E-state index contributed by atoms with van der Waals surface area (Å²) >= 11 is 0. The number of benzene rings is 1. The number of amides is 3. The summed E-state index contributed by atoms with van der Waals surface area (Å²) in [4.78, 5) is 23.5. The second-order valence-electron chi connectivity index (χ2n) is 4.41. The molecule has 0 radical (unpaired) electrons. The monoisotopic (exact) mass is 263 g/mol. The first-order valence-electron chi connectivity index (χ1n) is 6.08. The number of imide groups is 1. The maximum Gasteiger partial charge on any atom is 0.322 e. The molecule has 0 aliphatic carbocycles. The molecule has 1 saturated heterocycles. The van der Waals surface area contributed by atoms with Gasteiger partial charge in [-0.15, -0.1) is 0 Å². The van der Waals surface area contributed by atoms with Gasteiger partial charge in [-0.3, -0.25) is 10.1 Å². The molecule has 1 heterocycles. The lowest BCUT2D eigenvalue weighted by Gasteiger charge is -2.27. The lowest BCUT2D eigenvalue weighted by atomic mass is 9.87. The van der Waals surface area contributed by atoms with Crippen LogP contribution in [-0.2, 0) is 16.8 Å². The van der Waals surface area contributed by atoms with E-state index in [9.17, 15) is 9.59 Å². The van der Waals surface area contributed by atoms with Crippen LogP contribution in [0.1, 0.15) is 18.1 Å². The van der Waals surface area contributed by atoms with Gasteiger partial charge in [-0.1, -0.05) is 13.0 Å². The van der Waals surface area contributed by atoms with E-state index in [1.807, 2.05) is 19.1 Å². The van der Waals surface area contributed by atoms with E-state index in [1.54, 1.807) is 6.07 Å². The molecule has 0 saturated carbocycles. The van der Waals surface area contributed by atoms with E-state index in [0.29, 0.717) is 11.3 Å². The molecule has 1 aliphatic rings. The minimum Gasteiger partial charge on any atom is -0.496 e. The number of ether oxygens (including phenoxy) is 1. The summed E-state index contributed by atoms with van der Waals surface area (Å²) in [6.07, 6.45) is 0.813. The number of methoxy groups -OCH3 is 1. The van der Waals surface area contributed by atoms with Crippen molar-refractivity contribution < 1.29 is 14.3 Å². The summed E-state index contributed by atoms with van der Waals surface area (Å²) in [5.41, 5.74) is 6.10. The molecule has 0 spiro atoms. The minimum atomic E-state index is -1.26. The zero-order valence-electron chi connectivity index (χ0n) is 10.9. The molecule has 1 fully saturated rings. The van der Waals surface area contributed by atoms with E-state index >= 15 is 0 Å². The number of hydrogen-bond acceptors (Lipinski definition) is 4. The Balaban J connectivity index is 2.60. The zero-order valence-corrected chi connectivity index (χ0v) is 10.9. The molecule has 1 aromatic rings. The fourth-order valence-electron chi connectivity index (χ4n) is 2.24. The van der Waals surface area contributed by atoms with Crippen molar-refractivity contribution in [3.8, 4) is 5.75 Å². The highest BCUT2D eigenvalue weighted by atomic mass is 16.5. The number of rotatable bonds is 4. The largest absolute Gasteiger partial charge is 0.496 e. The molecule has 102 valence electrons.